The van der Waals surface area contributed by atoms with Crippen molar-refractivity contribution in [3.8, 4) is 12.3 Å². The van der Waals surface area contributed by atoms with Crippen LogP contribution < -0.4 is 0 Å². The molecule has 3 aliphatic heterocycles. The largest absolute Gasteiger partial charge is 0.360 e. The molecule has 3 heterocycles. The van der Waals surface area contributed by atoms with E-state index < -0.39 is 17.9 Å². The Labute approximate surface area is 125 Å². The summed E-state index contributed by atoms with van der Waals surface area (Å²) in [4.78, 5) is 0. The number of rotatable bonds is 3. The highest BCUT2D eigenvalue weighted by molar-refractivity contribution is 4.99. The molecule has 0 saturated carbocycles. The Hall–Kier alpha value is -0.680. The molecule has 0 aliphatic carbocycles. The van der Waals surface area contributed by atoms with Crippen molar-refractivity contribution < 1.29 is 28.4 Å². The van der Waals surface area contributed by atoms with Gasteiger partial charge in [0.25, 0.3) is 0 Å². The van der Waals surface area contributed by atoms with E-state index in [0.717, 1.165) is 0 Å². The van der Waals surface area contributed by atoms with Gasteiger partial charge in [0.15, 0.2) is 17.9 Å². The van der Waals surface area contributed by atoms with Gasteiger partial charge >= 0.3 is 0 Å². The highest BCUT2D eigenvalue weighted by Crippen LogP contribution is 2.41. The molecule has 0 aromatic heterocycles. The molecule has 0 bridgehead atoms. The van der Waals surface area contributed by atoms with Gasteiger partial charge in [-0.3, -0.25) is 0 Å². The van der Waals surface area contributed by atoms with Crippen molar-refractivity contribution in [3.05, 3.63) is 0 Å². The zero-order valence-electron chi connectivity index (χ0n) is 12.8. The molecule has 2 unspecified atom stereocenters. The third kappa shape index (κ3) is 2.95. The molecule has 0 radical (unpaired) electrons. The molecule has 0 N–H and O–H groups in total. The molecular formula is C15H22O6. The second-order valence-corrected chi connectivity index (χ2v) is 6.42. The predicted octanol–water partition coefficient (Wildman–Crippen LogP) is 1.03. The normalized spacial score (nSPS) is 43.7. The molecule has 0 aromatic rings. The summed E-state index contributed by atoms with van der Waals surface area (Å²) in [6.07, 6.45) is 3.61. The first-order valence-electron chi connectivity index (χ1n) is 7.19. The van der Waals surface area contributed by atoms with E-state index in [2.05, 4.69) is 5.92 Å². The van der Waals surface area contributed by atoms with Crippen LogP contribution in [0.5, 0.6) is 0 Å². The van der Waals surface area contributed by atoms with Gasteiger partial charge in [-0.05, 0) is 27.7 Å². The van der Waals surface area contributed by atoms with Crippen LogP contribution in [0.1, 0.15) is 27.7 Å². The van der Waals surface area contributed by atoms with Crippen LogP contribution in [0.15, 0.2) is 0 Å². The van der Waals surface area contributed by atoms with E-state index in [-0.39, 0.29) is 31.0 Å². The second kappa shape index (κ2) is 5.20. The molecule has 5 atom stereocenters. The fourth-order valence-corrected chi connectivity index (χ4v) is 3.01. The number of terminal acetylenes is 1. The number of ether oxygens (including phenoxy) is 6. The monoisotopic (exact) mass is 298 g/mol. The minimum absolute atomic E-state index is 0.189. The molecule has 21 heavy (non-hydrogen) atoms. The van der Waals surface area contributed by atoms with Crippen molar-refractivity contribution in [1.82, 2.24) is 0 Å². The minimum atomic E-state index is -0.690. The van der Waals surface area contributed by atoms with Gasteiger partial charge in [0, 0.05) is 0 Å². The fourth-order valence-electron chi connectivity index (χ4n) is 3.01. The van der Waals surface area contributed by atoms with E-state index in [1.54, 1.807) is 0 Å². The summed E-state index contributed by atoms with van der Waals surface area (Å²) >= 11 is 0. The zero-order chi connectivity index (χ0) is 15.3. The van der Waals surface area contributed by atoms with Crippen LogP contribution in [0.4, 0.5) is 0 Å². The number of hydrogen-bond donors (Lipinski definition) is 0. The van der Waals surface area contributed by atoms with E-state index in [9.17, 15) is 0 Å². The van der Waals surface area contributed by atoms with Crippen LogP contribution in [-0.4, -0.2) is 55.5 Å². The standard InChI is InChI=1S/C15H22O6/c1-6-7-16-11-10(9-8-17-14(2,3)19-9)18-13-12(11)20-15(4,5)21-13/h1,9-13H,7-8H2,2-5H3/t9?,10?,11-,12+,13+/m0/s1. The topological polar surface area (TPSA) is 55.4 Å². The van der Waals surface area contributed by atoms with Crippen LogP contribution in [0.3, 0.4) is 0 Å². The number of fused-ring (bicyclic) bond motifs is 1. The lowest BCUT2D eigenvalue weighted by molar-refractivity contribution is -0.235. The highest BCUT2D eigenvalue weighted by Gasteiger charge is 2.58. The SMILES string of the molecule is C#CCO[C@H]1C(C2COC(C)(C)O2)O[C@@H]2OC(C)(C)O[C@@H]21. The van der Waals surface area contributed by atoms with Gasteiger partial charge < -0.3 is 28.4 Å². The van der Waals surface area contributed by atoms with Crippen molar-refractivity contribution in [1.29, 1.82) is 0 Å². The summed E-state index contributed by atoms with van der Waals surface area (Å²) in [5.41, 5.74) is 0. The molecule has 0 aromatic carbocycles. The summed E-state index contributed by atoms with van der Waals surface area (Å²) in [6, 6.07) is 0. The molecule has 6 nitrogen and oxygen atoms in total. The average molecular weight is 298 g/mol. The maximum absolute atomic E-state index is 5.96. The lowest BCUT2D eigenvalue weighted by Crippen LogP contribution is -2.44. The fraction of sp³-hybridized carbons (Fsp3) is 0.867. The second-order valence-electron chi connectivity index (χ2n) is 6.42. The maximum atomic E-state index is 5.96. The molecule has 3 rings (SSSR count). The quantitative estimate of drug-likeness (QED) is 0.726. The zero-order valence-corrected chi connectivity index (χ0v) is 12.8. The van der Waals surface area contributed by atoms with Crippen molar-refractivity contribution in [2.75, 3.05) is 13.2 Å². The Morgan fingerprint density at radius 1 is 1.10 bits per heavy atom. The van der Waals surface area contributed by atoms with E-state index >= 15 is 0 Å². The van der Waals surface area contributed by atoms with E-state index in [0.29, 0.717) is 6.61 Å². The molecule has 0 spiro atoms. The van der Waals surface area contributed by atoms with Gasteiger partial charge in [-0.15, -0.1) is 6.42 Å². The first kappa shape index (κ1) is 15.2. The minimum Gasteiger partial charge on any atom is -0.360 e. The van der Waals surface area contributed by atoms with E-state index in [1.165, 1.54) is 0 Å². The van der Waals surface area contributed by atoms with Crippen molar-refractivity contribution >= 4 is 0 Å². The Kier molecular flexibility index (Phi) is 3.77. The first-order chi connectivity index (χ1) is 9.81. The van der Waals surface area contributed by atoms with E-state index in [4.69, 9.17) is 34.8 Å². The number of hydrogen-bond acceptors (Lipinski definition) is 6. The van der Waals surface area contributed by atoms with Gasteiger partial charge in [0.1, 0.15) is 31.0 Å². The summed E-state index contributed by atoms with van der Waals surface area (Å²) in [5, 5.41) is 0. The van der Waals surface area contributed by atoms with Gasteiger partial charge in [0.2, 0.25) is 0 Å². The predicted molar refractivity (Wildman–Crippen MR) is 72.2 cm³/mol. The third-order valence-electron chi connectivity index (χ3n) is 3.78. The Morgan fingerprint density at radius 2 is 1.86 bits per heavy atom. The van der Waals surface area contributed by atoms with Crippen LogP contribution in [-0.2, 0) is 28.4 Å². The van der Waals surface area contributed by atoms with Crippen LogP contribution in [0, 0.1) is 12.3 Å². The lowest BCUT2D eigenvalue weighted by Gasteiger charge is -2.28. The van der Waals surface area contributed by atoms with Gasteiger partial charge in [-0.1, -0.05) is 5.92 Å². The van der Waals surface area contributed by atoms with E-state index in [1.807, 2.05) is 27.7 Å². The van der Waals surface area contributed by atoms with Crippen LogP contribution >= 0.6 is 0 Å². The summed E-state index contributed by atoms with van der Waals surface area (Å²) < 4.78 is 34.8. The van der Waals surface area contributed by atoms with Crippen molar-refractivity contribution in [2.24, 2.45) is 0 Å². The van der Waals surface area contributed by atoms with Crippen LogP contribution in [0.25, 0.3) is 0 Å². The van der Waals surface area contributed by atoms with Crippen molar-refractivity contribution in [3.63, 3.8) is 0 Å². The van der Waals surface area contributed by atoms with Crippen molar-refractivity contribution in [2.45, 2.75) is 70.0 Å². The third-order valence-corrected chi connectivity index (χ3v) is 3.78. The van der Waals surface area contributed by atoms with Gasteiger partial charge in [-0.25, -0.2) is 0 Å². The van der Waals surface area contributed by atoms with Crippen LogP contribution in [0.2, 0.25) is 0 Å². The van der Waals surface area contributed by atoms with Gasteiger partial charge in [0.05, 0.1) is 6.61 Å². The molecule has 0 amide bonds. The van der Waals surface area contributed by atoms with Gasteiger partial charge in [-0.2, -0.15) is 0 Å². The Bertz CT molecular complexity index is 440. The molecule has 118 valence electrons. The Balaban J connectivity index is 1.74. The lowest BCUT2D eigenvalue weighted by atomic mass is 10.1. The molecule has 3 aliphatic rings. The summed E-state index contributed by atoms with van der Waals surface area (Å²) in [5.74, 6) is 1.16. The average Bonchev–Trinajstić information content (AvgIpc) is 2.96. The molecular weight excluding hydrogens is 276 g/mol. The molecule has 3 fully saturated rings. The highest BCUT2D eigenvalue weighted by atomic mass is 16.8. The molecule has 6 heteroatoms. The summed E-state index contributed by atoms with van der Waals surface area (Å²) in [6.45, 7) is 8.07. The maximum Gasteiger partial charge on any atom is 0.190 e. The summed E-state index contributed by atoms with van der Waals surface area (Å²) in [7, 11) is 0. The Morgan fingerprint density at radius 3 is 2.48 bits per heavy atom. The molecule has 3 saturated heterocycles. The smallest absolute Gasteiger partial charge is 0.190 e. The first-order valence-corrected chi connectivity index (χ1v) is 7.19.